The van der Waals surface area contributed by atoms with Crippen molar-refractivity contribution in [1.82, 2.24) is 0 Å². The van der Waals surface area contributed by atoms with Crippen LogP contribution >= 0.6 is 0 Å². The molecule has 0 amide bonds. The summed E-state index contributed by atoms with van der Waals surface area (Å²) in [6, 6.07) is 18.3. The fourth-order valence-electron chi connectivity index (χ4n) is 4.09. The molecule has 0 aliphatic carbocycles. The summed E-state index contributed by atoms with van der Waals surface area (Å²) in [5.74, 6) is 0. The number of allylic oxidation sites excluding steroid dienone is 5. The Morgan fingerprint density at radius 2 is 1.27 bits per heavy atom. The Morgan fingerprint density at radius 1 is 0.697 bits per heavy atom. The summed E-state index contributed by atoms with van der Waals surface area (Å²) in [6.45, 7) is 8.85. The molecule has 1 heteroatoms. The molecule has 0 aliphatic rings. The molecule has 0 spiro atoms. The Kier molecular flexibility index (Phi) is 13.1. The third-order valence-corrected chi connectivity index (χ3v) is 5.97. The predicted octanol–water partition coefficient (Wildman–Crippen LogP) is 10.1. The van der Waals surface area contributed by atoms with Gasteiger partial charge in [-0.3, -0.25) is 0 Å². The summed E-state index contributed by atoms with van der Waals surface area (Å²) < 4.78 is 0. The molecule has 2 aromatic carbocycles. The van der Waals surface area contributed by atoms with Gasteiger partial charge >= 0.3 is 0 Å². The van der Waals surface area contributed by atoms with Gasteiger partial charge in [0.05, 0.1) is 0 Å². The van der Waals surface area contributed by atoms with Crippen LogP contribution in [0.5, 0.6) is 0 Å². The Hall–Kier alpha value is -2.54. The van der Waals surface area contributed by atoms with Gasteiger partial charge in [0, 0.05) is 17.1 Å². The maximum atomic E-state index is 2.38. The Labute approximate surface area is 203 Å². The molecule has 0 saturated carbocycles. The topological polar surface area (TPSA) is 3.24 Å². The molecule has 0 heterocycles. The van der Waals surface area contributed by atoms with Crippen molar-refractivity contribution >= 4 is 11.4 Å². The number of hydrogen-bond donors (Lipinski definition) is 0. The molecule has 0 aliphatic heterocycles. The molecular formula is C32H45N. The van der Waals surface area contributed by atoms with Crippen molar-refractivity contribution in [2.45, 2.75) is 91.9 Å². The van der Waals surface area contributed by atoms with Crippen LogP contribution in [-0.2, 0) is 12.8 Å². The van der Waals surface area contributed by atoms with Crippen LogP contribution in [0.25, 0.3) is 0 Å². The third-order valence-electron chi connectivity index (χ3n) is 5.97. The fraction of sp³-hybridized carbons (Fsp3) is 0.438. The van der Waals surface area contributed by atoms with Crippen molar-refractivity contribution in [2.24, 2.45) is 0 Å². The second kappa shape index (κ2) is 16.1. The van der Waals surface area contributed by atoms with E-state index in [1.807, 2.05) is 0 Å². The number of hydrogen-bond acceptors (Lipinski definition) is 1. The molecule has 0 aromatic heterocycles. The minimum Gasteiger partial charge on any atom is -0.311 e. The van der Waals surface area contributed by atoms with Gasteiger partial charge in [0.25, 0.3) is 0 Å². The number of unbranched alkanes of at least 4 members (excludes halogenated alkanes) is 5. The summed E-state index contributed by atoms with van der Waals surface area (Å²) in [7, 11) is 0. The molecule has 0 saturated heterocycles. The van der Waals surface area contributed by atoms with Gasteiger partial charge < -0.3 is 4.90 Å². The van der Waals surface area contributed by atoms with Crippen LogP contribution in [0.1, 0.15) is 90.2 Å². The number of benzene rings is 2. The van der Waals surface area contributed by atoms with Gasteiger partial charge in [-0.05, 0) is 86.6 Å². The fourth-order valence-corrected chi connectivity index (χ4v) is 4.09. The van der Waals surface area contributed by atoms with Crippen LogP contribution in [0.4, 0.5) is 11.4 Å². The van der Waals surface area contributed by atoms with Crippen molar-refractivity contribution in [3.63, 3.8) is 0 Å². The van der Waals surface area contributed by atoms with E-state index < -0.39 is 0 Å². The first-order valence-corrected chi connectivity index (χ1v) is 13.2. The quantitative estimate of drug-likeness (QED) is 0.195. The molecule has 0 N–H and O–H groups in total. The number of nitrogens with zero attached hydrogens (tertiary/aromatic N) is 1. The molecule has 0 unspecified atom stereocenters. The lowest BCUT2D eigenvalue weighted by atomic mass is 10.1. The standard InChI is InChI=1S/C32H45N/c1-5-9-11-12-13-15-19-30(17-8-4)33(31-24-20-28(16-7-3)21-25-31)32-26-22-29(23-27-32)18-14-10-6-2/h8,13,15,17,19-27H,5-7,9-12,14,16,18H2,1-4H3/b15-13?,17-8-,30-19+. The zero-order chi connectivity index (χ0) is 23.7. The van der Waals surface area contributed by atoms with Gasteiger partial charge in [0.2, 0.25) is 0 Å². The number of rotatable bonds is 15. The summed E-state index contributed by atoms with van der Waals surface area (Å²) in [4.78, 5) is 2.38. The highest BCUT2D eigenvalue weighted by Gasteiger charge is 2.13. The van der Waals surface area contributed by atoms with Gasteiger partial charge in [0.15, 0.2) is 0 Å². The van der Waals surface area contributed by atoms with Crippen LogP contribution in [0.3, 0.4) is 0 Å². The Bertz CT molecular complexity index is 852. The maximum absolute atomic E-state index is 2.38. The van der Waals surface area contributed by atoms with Crippen LogP contribution in [0.2, 0.25) is 0 Å². The lowest BCUT2D eigenvalue weighted by Gasteiger charge is -2.27. The lowest BCUT2D eigenvalue weighted by molar-refractivity contribution is 0.717. The van der Waals surface area contributed by atoms with Crippen LogP contribution in [-0.4, -0.2) is 0 Å². The van der Waals surface area contributed by atoms with E-state index in [9.17, 15) is 0 Å². The first-order chi connectivity index (χ1) is 16.2. The van der Waals surface area contributed by atoms with E-state index in [1.54, 1.807) is 0 Å². The summed E-state index contributed by atoms with van der Waals surface area (Å²) in [5, 5.41) is 0. The van der Waals surface area contributed by atoms with Crippen molar-refractivity contribution < 1.29 is 0 Å². The predicted molar refractivity (Wildman–Crippen MR) is 148 cm³/mol. The number of anilines is 2. The van der Waals surface area contributed by atoms with Crippen molar-refractivity contribution in [2.75, 3.05) is 4.90 Å². The van der Waals surface area contributed by atoms with E-state index in [2.05, 4.69) is 112 Å². The van der Waals surface area contributed by atoms with Gasteiger partial charge in [0.1, 0.15) is 0 Å². The highest BCUT2D eigenvalue weighted by atomic mass is 15.1. The van der Waals surface area contributed by atoms with Crippen molar-refractivity contribution in [1.29, 1.82) is 0 Å². The summed E-state index contributed by atoms with van der Waals surface area (Å²) in [5.41, 5.74) is 6.43. The summed E-state index contributed by atoms with van der Waals surface area (Å²) >= 11 is 0. The smallest absolute Gasteiger partial charge is 0.0461 e. The van der Waals surface area contributed by atoms with E-state index in [0.717, 1.165) is 19.3 Å². The lowest BCUT2D eigenvalue weighted by Crippen LogP contribution is -2.15. The second-order valence-electron chi connectivity index (χ2n) is 8.89. The van der Waals surface area contributed by atoms with Gasteiger partial charge in [-0.1, -0.05) is 95.4 Å². The maximum Gasteiger partial charge on any atom is 0.0461 e. The monoisotopic (exact) mass is 443 g/mol. The molecule has 0 atom stereocenters. The van der Waals surface area contributed by atoms with E-state index >= 15 is 0 Å². The molecule has 0 fully saturated rings. The zero-order valence-corrected chi connectivity index (χ0v) is 21.5. The zero-order valence-electron chi connectivity index (χ0n) is 21.5. The first-order valence-electron chi connectivity index (χ1n) is 13.2. The molecule has 2 aromatic rings. The molecular weight excluding hydrogens is 398 g/mol. The number of aryl methyl sites for hydroxylation is 2. The minimum absolute atomic E-state index is 1.13. The highest BCUT2D eigenvalue weighted by Crippen LogP contribution is 2.31. The molecule has 178 valence electrons. The summed E-state index contributed by atoms with van der Waals surface area (Å²) in [6.07, 6.45) is 23.4. The molecule has 1 nitrogen and oxygen atoms in total. The van der Waals surface area contributed by atoms with E-state index in [0.29, 0.717) is 0 Å². The minimum atomic E-state index is 1.13. The highest BCUT2D eigenvalue weighted by molar-refractivity contribution is 5.70. The van der Waals surface area contributed by atoms with Crippen molar-refractivity contribution in [3.05, 3.63) is 95.7 Å². The van der Waals surface area contributed by atoms with Gasteiger partial charge in [-0.2, -0.15) is 0 Å². The molecule has 33 heavy (non-hydrogen) atoms. The van der Waals surface area contributed by atoms with E-state index in [-0.39, 0.29) is 0 Å². The largest absolute Gasteiger partial charge is 0.311 e. The van der Waals surface area contributed by atoms with Gasteiger partial charge in [-0.25, -0.2) is 0 Å². The van der Waals surface area contributed by atoms with Crippen LogP contribution in [0.15, 0.2) is 84.6 Å². The average molecular weight is 444 g/mol. The van der Waals surface area contributed by atoms with E-state index in [1.165, 1.54) is 73.1 Å². The van der Waals surface area contributed by atoms with E-state index in [4.69, 9.17) is 0 Å². The second-order valence-corrected chi connectivity index (χ2v) is 8.89. The average Bonchev–Trinajstić information content (AvgIpc) is 2.84. The normalized spacial score (nSPS) is 12.2. The molecule has 2 rings (SSSR count). The SMILES string of the molecule is C/C=C\C(=C/C=CCCCCC)N(c1ccc(CCC)cc1)c1ccc(CCCCC)cc1. The molecule has 0 radical (unpaired) electrons. The first kappa shape index (κ1) is 26.7. The Morgan fingerprint density at radius 3 is 1.82 bits per heavy atom. The van der Waals surface area contributed by atoms with Crippen LogP contribution in [0, 0.1) is 0 Å². The molecule has 0 bridgehead atoms. The van der Waals surface area contributed by atoms with Crippen LogP contribution < -0.4 is 4.90 Å². The Balaban J connectivity index is 2.35. The van der Waals surface area contributed by atoms with Gasteiger partial charge in [-0.15, -0.1) is 0 Å². The van der Waals surface area contributed by atoms with Crippen molar-refractivity contribution in [3.8, 4) is 0 Å². The third kappa shape index (κ3) is 9.46.